The maximum absolute atomic E-state index is 13.2. The summed E-state index contributed by atoms with van der Waals surface area (Å²) in [4.78, 5) is 12.4. The van der Waals surface area contributed by atoms with Crippen LogP contribution in [0.5, 0.6) is 0 Å². The van der Waals surface area contributed by atoms with Crippen LogP contribution in [0.3, 0.4) is 0 Å². The summed E-state index contributed by atoms with van der Waals surface area (Å²) in [5.41, 5.74) is 1.23. The van der Waals surface area contributed by atoms with E-state index < -0.39 is 0 Å². The first kappa shape index (κ1) is 14.2. The van der Waals surface area contributed by atoms with Crippen molar-refractivity contribution in [3.63, 3.8) is 0 Å². The molecule has 1 aromatic carbocycles. The van der Waals surface area contributed by atoms with E-state index in [0.717, 1.165) is 31.6 Å². The minimum Gasteiger partial charge on any atom is -0.294 e. The summed E-state index contributed by atoms with van der Waals surface area (Å²) in [6.07, 6.45) is 4.26. The molecule has 0 aromatic heterocycles. The van der Waals surface area contributed by atoms with Crippen molar-refractivity contribution >= 4 is 5.78 Å². The van der Waals surface area contributed by atoms with Gasteiger partial charge >= 0.3 is 0 Å². The number of carbonyl (C=O) groups is 1. The Morgan fingerprint density at radius 3 is 2.37 bits per heavy atom. The molecule has 0 heterocycles. The lowest BCUT2D eigenvalue weighted by Gasteiger charge is -2.30. The average Bonchev–Trinajstić information content (AvgIpc) is 2.41. The van der Waals surface area contributed by atoms with Gasteiger partial charge < -0.3 is 0 Å². The van der Waals surface area contributed by atoms with E-state index in [1.165, 1.54) is 6.07 Å². The van der Waals surface area contributed by atoms with Crippen LogP contribution in [0.4, 0.5) is 4.39 Å². The SMILES string of the molecule is Cc1cc(C(=O)C2CCC(C(C)C)CC2)ccc1F. The van der Waals surface area contributed by atoms with Crippen molar-refractivity contribution in [2.45, 2.75) is 46.5 Å². The summed E-state index contributed by atoms with van der Waals surface area (Å²) in [5.74, 6) is 1.58. The molecule has 0 spiro atoms. The molecule has 19 heavy (non-hydrogen) atoms. The van der Waals surface area contributed by atoms with Crippen LogP contribution in [0.2, 0.25) is 0 Å². The Hall–Kier alpha value is -1.18. The van der Waals surface area contributed by atoms with Gasteiger partial charge in [0.2, 0.25) is 0 Å². The minimum atomic E-state index is -0.236. The van der Waals surface area contributed by atoms with Gasteiger partial charge in [0, 0.05) is 11.5 Å². The molecule has 0 unspecified atom stereocenters. The third-order valence-electron chi connectivity index (χ3n) is 4.53. The molecule has 1 fully saturated rings. The number of halogens is 1. The molecule has 1 aliphatic carbocycles. The number of rotatable bonds is 3. The number of benzene rings is 1. The first-order chi connectivity index (χ1) is 8.99. The van der Waals surface area contributed by atoms with Crippen molar-refractivity contribution in [3.8, 4) is 0 Å². The number of aryl methyl sites for hydroxylation is 1. The molecule has 0 N–H and O–H groups in total. The molecule has 0 amide bonds. The summed E-state index contributed by atoms with van der Waals surface area (Å²) in [6.45, 7) is 6.23. The molecule has 1 aromatic rings. The fraction of sp³-hybridized carbons (Fsp3) is 0.588. The van der Waals surface area contributed by atoms with Crippen molar-refractivity contribution in [3.05, 3.63) is 35.1 Å². The Labute approximate surface area is 115 Å². The second kappa shape index (κ2) is 5.85. The Morgan fingerprint density at radius 1 is 1.21 bits per heavy atom. The third-order valence-corrected chi connectivity index (χ3v) is 4.53. The van der Waals surface area contributed by atoms with Gasteiger partial charge in [0.15, 0.2) is 5.78 Å². The molecule has 0 bridgehead atoms. The van der Waals surface area contributed by atoms with Gasteiger partial charge in [-0.05, 0) is 68.2 Å². The van der Waals surface area contributed by atoms with Gasteiger partial charge in [-0.15, -0.1) is 0 Å². The van der Waals surface area contributed by atoms with Gasteiger partial charge in [0.25, 0.3) is 0 Å². The molecular formula is C17H23FO. The first-order valence-corrected chi connectivity index (χ1v) is 7.29. The monoisotopic (exact) mass is 262 g/mol. The molecule has 2 rings (SSSR count). The van der Waals surface area contributed by atoms with Crippen molar-refractivity contribution in [1.82, 2.24) is 0 Å². The topological polar surface area (TPSA) is 17.1 Å². The molecule has 0 radical (unpaired) electrons. The highest BCUT2D eigenvalue weighted by Gasteiger charge is 2.28. The molecule has 1 saturated carbocycles. The minimum absolute atomic E-state index is 0.139. The normalized spacial score (nSPS) is 23.6. The number of Topliss-reactive ketones (excluding diaryl/α,β-unsaturated/α-hetero) is 1. The van der Waals surface area contributed by atoms with E-state index in [2.05, 4.69) is 13.8 Å². The maximum Gasteiger partial charge on any atom is 0.165 e. The summed E-state index contributed by atoms with van der Waals surface area (Å²) < 4.78 is 13.2. The lowest BCUT2D eigenvalue weighted by atomic mass is 9.75. The molecule has 0 atom stereocenters. The molecule has 0 saturated heterocycles. The van der Waals surface area contributed by atoms with Gasteiger partial charge in [-0.2, -0.15) is 0 Å². The second-order valence-electron chi connectivity index (χ2n) is 6.18. The van der Waals surface area contributed by atoms with Gasteiger partial charge in [-0.25, -0.2) is 4.39 Å². The highest BCUT2D eigenvalue weighted by atomic mass is 19.1. The molecule has 0 aliphatic heterocycles. The summed E-state index contributed by atoms with van der Waals surface area (Å²) in [5, 5.41) is 0. The second-order valence-corrected chi connectivity index (χ2v) is 6.18. The number of hydrogen-bond donors (Lipinski definition) is 0. The Balaban J connectivity index is 2.03. The lowest BCUT2D eigenvalue weighted by molar-refractivity contribution is 0.0859. The van der Waals surface area contributed by atoms with E-state index in [1.54, 1.807) is 19.1 Å². The fourth-order valence-electron chi connectivity index (χ4n) is 3.08. The quantitative estimate of drug-likeness (QED) is 0.716. The van der Waals surface area contributed by atoms with Crippen LogP contribution in [0, 0.1) is 30.5 Å². The van der Waals surface area contributed by atoms with Gasteiger partial charge in [-0.3, -0.25) is 4.79 Å². The number of hydrogen-bond acceptors (Lipinski definition) is 1. The fourth-order valence-corrected chi connectivity index (χ4v) is 3.08. The van der Waals surface area contributed by atoms with Crippen LogP contribution in [-0.2, 0) is 0 Å². The first-order valence-electron chi connectivity index (χ1n) is 7.29. The standard InChI is InChI=1S/C17H23FO/c1-11(2)13-4-6-14(7-5-13)17(19)15-8-9-16(18)12(3)10-15/h8-11,13-14H,4-7H2,1-3H3. The summed E-state index contributed by atoms with van der Waals surface area (Å²) in [7, 11) is 0. The van der Waals surface area contributed by atoms with Crippen molar-refractivity contribution in [2.24, 2.45) is 17.8 Å². The van der Waals surface area contributed by atoms with Crippen LogP contribution in [-0.4, -0.2) is 5.78 Å². The predicted octanol–water partition coefficient (Wildman–Crippen LogP) is 4.78. The molecule has 1 nitrogen and oxygen atoms in total. The van der Waals surface area contributed by atoms with E-state index >= 15 is 0 Å². The average molecular weight is 262 g/mol. The van der Waals surface area contributed by atoms with Gasteiger partial charge in [-0.1, -0.05) is 13.8 Å². The highest BCUT2D eigenvalue weighted by molar-refractivity contribution is 5.98. The van der Waals surface area contributed by atoms with E-state index in [0.29, 0.717) is 17.0 Å². The van der Waals surface area contributed by atoms with Crippen LogP contribution in [0.15, 0.2) is 18.2 Å². The molecule has 2 heteroatoms. The Morgan fingerprint density at radius 2 is 1.84 bits per heavy atom. The van der Waals surface area contributed by atoms with Crippen LogP contribution >= 0.6 is 0 Å². The lowest BCUT2D eigenvalue weighted by Crippen LogP contribution is -2.24. The van der Waals surface area contributed by atoms with Gasteiger partial charge in [0.1, 0.15) is 5.82 Å². The van der Waals surface area contributed by atoms with Crippen LogP contribution < -0.4 is 0 Å². The van der Waals surface area contributed by atoms with Crippen LogP contribution in [0.25, 0.3) is 0 Å². The van der Waals surface area contributed by atoms with Gasteiger partial charge in [0.05, 0.1) is 0 Å². The predicted molar refractivity (Wildman–Crippen MR) is 75.8 cm³/mol. The third kappa shape index (κ3) is 3.23. The van der Waals surface area contributed by atoms with Crippen molar-refractivity contribution in [1.29, 1.82) is 0 Å². The zero-order valence-electron chi connectivity index (χ0n) is 12.1. The largest absolute Gasteiger partial charge is 0.294 e. The maximum atomic E-state index is 13.2. The zero-order chi connectivity index (χ0) is 14.0. The number of ketones is 1. The van der Waals surface area contributed by atoms with E-state index in [9.17, 15) is 9.18 Å². The molecule has 1 aliphatic rings. The van der Waals surface area contributed by atoms with Crippen molar-refractivity contribution in [2.75, 3.05) is 0 Å². The van der Waals surface area contributed by atoms with E-state index in [-0.39, 0.29) is 17.5 Å². The summed E-state index contributed by atoms with van der Waals surface area (Å²) in [6, 6.07) is 4.72. The van der Waals surface area contributed by atoms with Crippen molar-refractivity contribution < 1.29 is 9.18 Å². The highest BCUT2D eigenvalue weighted by Crippen LogP contribution is 2.34. The van der Waals surface area contributed by atoms with Crippen LogP contribution in [0.1, 0.15) is 55.5 Å². The Kier molecular flexibility index (Phi) is 4.38. The van der Waals surface area contributed by atoms with E-state index in [1.807, 2.05) is 0 Å². The Bertz CT molecular complexity index is 456. The smallest absolute Gasteiger partial charge is 0.165 e. The molecular weight excluding hydrogens is 239 g/mol. The van der Waals surface area contributed by atoms with E-state index in [4.69, 9.17) is 0 Å². The molecule has 104 valence electrons. The zero-order valence-corrected chi connectivity index (χ0v) is 12.1. The number of carbonyl (C=O) groups excluding carboxylic acids is 1. The summed E-state index contributed by atoms with van der Waals surface area (Å²) >= 11 is 0.